The first-order valence-electron chi connectivity index (χ1n) is 8.36. The van der Waals surface area contributed by atoms with E-state index < -0.39 is 11.7 Å². The number of hydrogen-bond donors (Lipinski definition) is 3. The van der Waals surface area contributed by atoms with Gasteiger partial charge in [0.2, 0.25) is 5.91 Å². The van der Waals surface area contributed by atoms with Gasteiger partial charge < -0.3 is 20.4 Å². The molecule has 2 aromatic rings. The number of rotatable bonds is 7. The van der Waals surface area contributed by atoms with Gasteiger partial charge in [0.1, 0.15) is 5.76 Å². The number of hydrogen-bond acceptors (Lipinski definition) is 3. The van der Waals surface area contributed by atoms with Crippen molar-refractivity contribution in [1.29, 1.82) is 0 Å². The number of nitrogens with one attached hydrogen (secondary N) is 3. The number of carbonyl (C=O) groups excluding carboxylic acids is 1. The van der Waals surface area contributed by atoms with Crippen LogP contribution in [0.3, 0.4) is 0 Å². The second-order valence-electron chi connectivity index (χ2n) is 5.60. The van der Waals surface area contributed by atoms with Gasteiger partial charge in [-0.1, -0.05) is 12.1 Å². The smallest absolute Gasteiger partial charge is 0.416 e. The van der Waals surface area contributed by atoms with Crippen molar-refractivity contribution < 1.29 is 22.4 Å². The van der Waals surface area contributed by atoms with Crippen LogP contribution in [0, 0.1) is 0 Å². The molecule has 0 fully saturated rings. The van der Waals surface area contributed by atoms with E-state index in [1.54, 1.807) is 12.1 Å². The van der Waals surface area contributed by atoms with E-state index in [1.165, 1.54) is 18.4 Å². The second-order valence-corrected chi connectivity index (χ2v) is 5.60. The quantitative estimate of drug-likeness (QED) is 0.508. The summed E-state index contributed by atoms with van der Waals surface area (Å²) >= 11 is 0. The van der Waals surface area contributed by atoms with Crippen molar-refractivity contribution in [2.45, 2.75) is 26.2 Å². The molecule has 0 saturated heterocycles. The van der Waals surface area contributed by atoms with E-state index in [2.05, 4.69) is 20.9 Å². The molecule has 2 rings (SSSR count). The summed E-state index contributed by atoms with van der Waals surface area (Å²) in [6.45, 7) is 2.91. The standard InChI is InChI=1S/C18H21F3N4O2/c1-2-22-17(25-12-16(26)23-11-15-4-3-9-27-15)24-10-13-5-7-14(8-6-13)18(19,20)21/h3-9H,2,10-12H2,1H3,(H,23,26)(H2,22,24,25). The first-order valence-corrected chi connectivity index (χ1v) is 8.36. The first-order chi connectivity index (χ1) is 12.9. The van der Waals surface area contributed by atoms with Crippen LogP contribution in [0.25, 0.3) is 0 Å². The Kier molecular flexibility index (Phi) is 7.27. The van der Waals surface area contributed by atoms with Gasteiger partial charge in [-0.15, -0.1) is 0 Å². The number of guanidine groups is 1. The highest BCUT2D eigenvalue weighted by atomic mass is 19.4. The molecule has 27 heavy (non-hydrogen) atoms. The van der Waals surface area contributed by atoms with Crippen LogP contribution < -0.4 is 16.0 Å². The van der Waals surface area contributed by atoms with Crippen molar-refractivity contribution in [2.24, 2.45) is 4.99 Å². The van der Waals surface area contributed by atoms with E-state index in [9.17, 15) is 18.0 Å². The van der Waals surface area contributed by atoms with Crippen molar-refractivity contribution >= 4 is 11.9 Å². The van der Waals surface area contributed by atoms with Gasteiger partial charge in [-0.25, -0.2) is 4.99 Å². The van der Waals surface area contributed by atoms with Gasteiger partial charge >= 0.3 is 6.18 Å². The van der Waals surface area contributed by atoms with Crippen LogP contribution in [0.1, 0.15) is 23.8 Å². The van der Waals surface area contributed by atoms with Crippen LogP contribution in [0.15, 0.2) is 52.1 Å². The van der Waals surface area contributed by atoms with Crippen molar-refractivity contribution in [1.82, 2.24) is 16.0 Å². The molecule has 1 amide bonds. The largest absolute Gasteiger partial charge is 0.467 e. The Morgan fingerprint density at radius 3 is 2.44 bits per heavy atom. The number of carbonyl (C=O) groups is 1. The Bertz CT molecular complexity index is 741. The Hall–Kier alpha value is -2.97. The third kappa shape index (κ3) is 7.04. The lowest BCUT2D eigenvalue weighted by molar-refractivity contribution is -0.137. The lowest BCUT2D eigenvalue weighted by atomic mass is 10.1. The number of aliphatic imine (C=N–C) groups is 1. The molecule has 0 aliphatic rings. The van der Waals surface area contributed by atoms with Crippen LogP contribution in [0.2, 0.25) is 0 Å². The molecular formula is C18H21F3N4O2. The first kappa shape index (κ1) is 20.3. The topological polar surface area (TPSA) is 78.7 Å². The van der Waals surface area contributed by atoms with E-state index in [0.29, 0.717) is 23.8 Å². The summed E-state index contributed by atoms with van der Waals surface area (Å²) in [5, 5.41) is 8.54. The van der Waals surface area contributed by atoms with Gasteiger partial charge in [-0.05, 0) is 36.8 Å². The minimum Gasteiger partial charge on any atom is -0.467 e. The fourth-order valence-electron chi connectivity index (χ4n) is 2.14. The second kappa shape index (κ2) is 9.65. The lowest BCUT2D eigenvalue weighted by Crippen LogP contribution is -2.43. The highest BCUT2D eigenvalue weighted by molar-refractivity contribution is 5.86. The molecule has 0 saturated carbocycles. The van der Waals surface area contributed by atoms with Gasteiger partial charge in [0, 0.05) is 6.54 Å². The van der Waals surface area contributed by atoms with Crippen LogP contribution in [-0.2, 0) is 24.1 Å². The Morgan fingerprint density at radius 1 is 1.11 bits per heavy atom. The minimum atomic E-state index is -4.36. The summed E-state index contributed by atoms with van der Waals surface area (Å²) in [6, 6.07) is 8.29. The summed E-state index contributed by atoms with van der Waals surface area (Å²) in [6.07, 6.45) is -2.84. The Labute approximate surface area is 154 Å². The van der Waals surface area contributed by atoms with Crippen LogP contribution in [0.4, 0.5) is 13.2 Å². The Balaban J connectivity index is 1.85. The summed E-state index contributed by atoms with van der Waals surface area (Å²) in [5.74, 6) is 0.795. The molecule has 0 spiro atoms. The molecule has 9 heteroatoms. The number of nitrogens with zero attached hydrogens (tertiary/aromatic N) is 1. The predicted octanol–water partition coefficient (Wildman–Crippen LogP) is 2.67. The number of alkyl halides is 3. The van der Waals surface area contributed by atoms with Crippen molar-refractivity contribution in [2.75, 3.05) is 13.1 Å². The summed E-state index contributed by atoms with van der Waals surface area (Å²) in [4.78, 5) is 16.1. The van der Waals surface area contributed by atoms with Gasteiger partial charge in [-0.2, -0.15) is 13.2 Å². The summed E-state index contributed by atoms with van der Waals surface area (Å²) < 4.78 is 42.8. The predicted molar refractivity (Wildman–Crippen MR) is 94.8 cm³/mol. The molecule has 1 aromatic carbocycles. The maximum Gasteiger partial charge on any atom is 0.416 e. The molecule has 0 unspecified atom stereocenters. The average Bonchev–Trinajstić information content (AvgIpc) is 3.15. The summed E-state index contributed by atoms with van der Waals surface area (Å²) in [5.41, 5.74) is -0.0732. The van der Waals surface area contributed by atoms with Gasteiger partial charge in [0.05, 0.1) is 31.5 Å². The fourth-order valence-corrected chi connectivity index (χ4v) is 2.14. The Morgan fingerprint density at radius 2 is 1.85 bits per heavy atom. The van der Waals surface area contributed by atoms with Crippen molar-refractivity contribution in [3.05, 3.63) is 59.5 Å². The molecular weight excluding hydrogens is 361 g/mol. The van der Waals surface area contributed by atoms with E-state index in [1.807, 2.05) is 6.92 Å². The zero-order valence-corrected chi connectivity index (χ0v) is 14.8. The van der Waals surface area contributed by atoms with E-state index in [-0.39, 0.29) is 25.5 Å². The molecule has 0 aliphatic heterocycles. The van der Waals surface area contributed by atoms with Gasteiger partial charge in [-0.3, -0.25) is 4.79 Å². The summed E-state index contributed by atoms with van der Waals surface area (Å²) in [7, 11) is 0. The molecule has 0 bridgehead atoms. The zero-order chi connectivity index (χ0) is 19.7. The molecule has 6 nitrogen and oxygen atoms in total. The fraction of sp³-hybridized carbons (Fsp3) is 0.333. The SMILES string of the molecule is CCNC(=NCc1ccc(C(F)(F)F)cc1)NCC(=O)NCc1ccco1. The molecule has 3 N–H and O–H groups in total. The van der Waals surface area contributed by atoms with Crippen LogP contribution in [0.5, 0.6) is 0 Å². The molecule has 146 valence electrons. The number of benzene rings is 1. The molecule has 1 aromatic heterocycles. The number of furan rings is 1. The minimum absolute atomic E-state index is 0.000443. The van der Waals surface area contributed by atoms with Crippen molar-refractivity contribution in [3.8, 4) is 0 Å². The van der Waals surface area contributed by atoms with E-state index >= 15 is 0 Å². The van der Waals surface area contributed by atoms with Crippen LogP contribution >= 0.6 is 0 Å². The monoisotopic (exact) mass is 382 g/mol. The maximum atomic E-state index is 12.6. The van der Waals surface area contributed by atoms with Gasteiger partial charge in [0.15, 0.2) is 5.96 Å². The third-order valence-electron chi connectivity index (χ3n) is 3.50. The van der Waals surface area contributed by atoms with E-state index in [0.717, 1.165) is 12.1 Å². The highest BCUT2D eigenvalue weighted by Gasteiger charge is 2.29. The third-order valence-corrected chi connectivity index (χ3v) is 3.50. The molecule has 1 heterocycles. The van der Waals surface area contributed by atoms with Crippen LogP contribution in [-0.4, -0.2) is 25.0 Å². The average molecular weight is 382 g/mol. The maximum absolute atomic E-state index is 12.6. The van der Waals surface area contributed by atoms with E-state index in [4.69, 9.17) is 4.42 Å². The number of halogens is 3. The molecule has 0 radical (unpaired) electrons. The molecule has 0 atom stereocenters. The number of amides is 1. The van der Waals surface area contributed by atoms with Crippen molar-refractivity contribution in [3.63, 3.8) is 0 Å². The normalized spacial score (nSPS) is 11.9. The lowest BCUT2D eigenvalue weighted by Gasteiger charge is -2.11. The van der Waals surface area contributed by atoms with Gasteiger partial charge in [0.25, 0.3) is 0 Å². The zero-order valence-electron chi connectivity index (χ0n) is 14.8. The molecule has 0 aliphatic carbocycles. The highest BCUT2D eigenvalue weighted by Crippen LogP contribution is 2.29.